The number of imidazole rings is 1. The first-order valence-corrected chi connectivity index (χ1v) is 7.26. The lowest BCUT2D eigenvalue weighted by Gasteiger charge is -2.12. The third-order valence-corrected chi connectivity index (χ3v) is 3.65. The summed E-state index contributed by atoms with van der Waals surface area (Å²) in [4.78, 5) is 6.84. The second-order valence-corrected chi connectivity index (χ2v) is 5.79. The van der Waals surface area contributed by atoms with Gasteiger partial charge < -0.3 is 9.47 Å². The van der Waals surface area contributed by atoms with Crippen LogP contribution in [0, 0.1) is 0 Å². The molecule has 1 heterocycles. The summed E-state index contributed by atoms with van der Waals surface area (Å²) in [5, 5.41) is 0. The van der Waals surface area contributed by atoms with Crippen molar-refractivity contribution in [2.45, 2.75) is 32.2 Å². The van der Waals surface area contributed by atoms with Crippen molar-refractivity contribution < 1.29 is 0 Å². The van der Waals surface area contributed by atoms with E-state index >= 15 is 0 Å². The van der Waals surface area contributed by atoms with Crippen LogP contribution in [0.5, 0.6) is 0 Å². The van der Waals surface area contributed by atoms with Crippen molar-refractivity contribution in [3.05, 3.63) is 29.6 Å². The van der Waals surface area contributed by atoms with Gasteiger partial charge in [0.2, 0.25) is 0 Å². The number of fused-ring (bicyclic) bond motifs is 1. The largest absolute Gasteiger partial charge is 0.326 e. The Balaban J connectivity index is 2.43. The van der Waals surface area contributed by atoms with Crippen LogP contribution in [-0.2, 0) is 12.4 Å². The van der Waals surface area contributed by atoms with Crippen molar-refractivity contribution >= 4 is 22.6 Å². The Kier molecular flexibility index (Phi) is 4.48. The molecule has 0 aliphatic heterocycles. The SMILES string of the molecule is CC(C)c1ccc2c(c1)nc(CCl)n2CCN(C)C. The van der Waals surface area contributed by atoms with Crippen molar-refractivity contribution in [2.75, 3.05) is 20.6 Å². The maximum absolute atomic E-state index is 6.02. The summed E-state index contributed by atoms with van der Waals surface area (Å²) in [5.74, 6) is 1.94. The molecule has 0 N–H and O–H groups in total. The van der Waals surface area contributed by atoms with E-state index in [0.29, 0.717) is 11.8 Å². The number of likely N-dealkylation sites (N-methyl/N-ethyl adjacent to an activating group) is 1. The Hall–Kier alpha value is -1.06. The van der Waals surface area contributed by atoms with Gasteiger partial charge in [-0.2, -0.15) is 0 Å². The summed E-state index contributed by atoms with van der Waals surface area (Å²) in [6.45, 7) is 6.31. The number of rotatable bonds is 5. The second-order valence-electron chi connectivity index (χ2n) is 5.52. The molecule has 1 aromatic heterocycles. The molecule has 0 aliphatic rings. The van der Waals surface area contributed by atoms with E-state index in [1.165, 1.54) is 11.1 Å². The normalized spacial score (nSPS) is 11.9. The Morgan fingerprint density at radius 1 is 1.32 bits per heavy atom. The fourth-order valence-corrected chi connectivity index (χ4v) is 2.41. The predicted molar refractivity (Wildman–Crippen MR) is 81.9 cm³/mol. The molecule has 2 aromatic rings. The second kappa shape index (κ2) is 5.93. The highest BCUT2D eigenvalue weighted by atomic mass is 35.5. The number of alkyl halides is 1. The van der Waals surface area contributed by atoms with E-state index in [0.717, 1.165) is 24.4 Å². The number of nitrogens with zero attached hydrogens (tertiary/aromatic N) is 3. The first-order chi connectivity index (χ1) is 9.02. The Bertz CT molecular complexity index is 558. The number of halogens is 1. The molecule has 2 rings (SSSR count). The molecule has 3 nitrogen and oxygen atoms in total. The van der Waals surface area contributed by atoms with Crippen molar-refractivity contribution in [2.24, 2.45) is 0 Å². The molecule has 0 saturated heterocycles. The van der Waals surface area contributed by atoms with Gasteiger partial charge in [-0.15, -0.1) is 11.6 Å². The molecule has 19 heavy (non-hydrogen) atoms. The minimum Gasteiger partial charge on any atom is -0.326 e. The molecule has 104 valence electrons. The predicted octanol–water partition coefficient (Wildman–Crippen LogP) is 3.46. The highest BCUT2D eigenvalue weighted by molar-refractivity contribution is 6.16. The topological polar surface area (TPSA) is 21.1 Å². The van der Waals surface area contributed by atoms with Crippen LogP contribution in [-0.4, -0.2) is 35.1 Å². The maximum atomic E-state index is 6.02. The summed E-state index contributed by atoms with van der Waals surface area (Å²) < 4.78 is 2.23. The molecule has 0 saturated carbocycles. The van der Waals surface area contributed by atoms with Crippen molar-refractivity contribution in [3.8, 4) is 0 Å². The Labute approximate surface area is 120 Å². The van der Waals surface area contributed by atoms with E-state index in [9.17, 15) is 0 Å². The van der Waals surface area contributed by atoms with E-state index in [2.05, 4.69) is 60.6 Å². The molecule has 0 atom stereocenters. The quantitative estimate of drug-likeness (QED) is 0.782. The van der Waals surface area contributed by atoms with E-state index in [-0.39, 0.29) is 0 Å². The molecule has 1 aromatic carbocycles. The van der Waals surface area contributed by atoms with E-state index in [4.69, 9.17) is 11.6 Å². The maximum Gasteiger partial charge on any atom is 0.124 e. The number of benzene rings is 1. The molecule has 0 aliphatic carbocycles. The minimum absolute atomic E-state index is 0.457. The third-order valence-electron chi connectivity index (χ3n) is 3.41. The minimum atomic E-state index is 0.457. The average molecular weight is 280 g/mol. The highest BCUT2D eigenvalue weighted by Crippen LogP contribution is 2.23. The smallest absolute Gasteiger partial charge is 0.124 e. The first kappa shape index (κ1) is 14.4. The molecule has 4 heteroatoms. The fourth-order valence-electron chi connectivity index (χ4n) is 2.21. The molecule has 0 unspecified atom stereocenters. The number of hydrogen-bond donors (Lipinski definition) is 0. The van der Waals surface area contributed by atoms with Gasteiger partial charge in [0.25, 0.3) is 0 Å². The summed E-state index contributed by atoms with van der Waals surface area (Å²) in [6.07, 6.45) is 0. The summed E-state index contributed by atoms with van der Waals surface area (Å²) in [5.41, 5.74) is 3.56. The van der Waals surface area contributed by atoms with Crippen LogP contribution in [0.2, 0.25) is 0 Å². The van der Waals surface area contributed by atoms with Crippen LogP contribution in [0.3, 0.4) is 0 Å². The highest BCUT2D eigenvalue weighted by Gasteiger charge is 2.11. The van der Waals surface area contributed by atoms with Gasteiger partial charge in [-0.25, -0.2) is 4.98 Å². The van der Waals surface area contributed by atoms with Gasteiger partial charge in [-0.05, 0) is 37.7 Å². The summed E-state index contributed by atoms with van der Waals surface area (Å²) in [6, 6.07) is 6.55. The van der Waals surface area contributed by atoms with Gasteiger partial charge in [0, 0.05) is 13.1 Å². The fraction of sp³-hybridized carbons (Fsp3) is 0.533. The van der Waals surface area contributed by atoms with Crippen molar-refractivity contribution in [1.29, 1.82) is 0 Å². The standard InChI is InChI=1S/C15H22ClN3/c1-11(2)12-5-6-14-13(9-12)17-15(10-16)19(14)8-7-18(3)4/h5-6,9,11H,7-8,10H2,1-4H3. The number of hydrogen-bond acceptors (Lipinski definition) is 2. The van der Waals surface area contributed by atoms with E-state index in [1.807, 2.05) is 0 Å². The lowest BCUT2D eigenvalue weighted by Crippen LogP contribution is -2.19. The van der Waals surface area contributed by atoms with Gasteiger partial charge in [0.1, 0.15) is 5.82 Å². The van der Waals surface area contributed by atoms with Gasteiger partial charge in [0.15, 0.2) is 0 Å². The molecule has 0 amide bonds. The lowest BCUT2D eigenvalue weighted by atomic mass is 10.0. The van der Waals surface area contributed by atoms with E-state index in [1.54, 1.807) is 0 Å². The zero-order valence-corrected chi connectivity index (χ0v) is 12.9. The van der Waals surface area contributed by atoms with Gasteiger partial charge in [-0.3, -0.25) is 0 Å². The van der Waals surface area contributed by atoms with Crippen LogP contribution < -0.4 is 0 Å². The molecule has 0 radical (unpaired) electrons. The molecule has 0 fully saturated rings. The van der Waals surface area contributed by atoms with Crippen LogP contribution in [0.25, 0.3) is 11.0 Å². The molecular formula is C15H22ClN3. The van der Waals surface area contributed by atoms with E-state index < -0.39 is 0 Å². The third kappa shape index (κ3) is 3.10. The summed E-state index contributed by atoms with van der Waals surface area (Å²) >= 11 is 6.02. The van der Waals surface area contributed by atoms with Gasteiger partial charge in [-0.1, -0.05) is 19.9 Å². The molecular weight excluding hydrogens is 258 g/mol. The van der Waals surface area contributed by atoms with Crippen LogP contribution >= 0.6 is 11.6 Å². The van der Waals surface area contributed by atoms with Crippen LogP contribution in [0.15, 0.2) is 18.2 Å². The Morgan fingerprint density at radius 3 is 2.63 bits per heavy atom. The molecule has 0 spiro atoms. The monoisotopic (exact) mass is 279 g/mol. The van der Waals surface area contributed by atoms with Gasteiger partial charge in [0.05, 0.1) is 16.9 Å². The van der Waals surface area contributed by atoms with Crippen LogP contribution in [0.1, 0.15) is 31.2 Å². The zero-order chi connectivity index (χ0) is 14.0. The van der Waals surface area contributed by atoms with Crippen LogP contribution in [0.4, 0.5) is 0 Å². The zero-order valence-electron chi connectivity index (χ0n) is 12.2. The first-order valence-electron chi connectivity index (χ1n) is 6.72. The average Bonchev–Trinajstić information content (AvgIpc) is 2.72. The van der Waals surface area contributed by atoms with Gasteiger partial charge >= 0.3 is 0 Å². The lowest BCUT2D eigenvalue weighted by molar-refractivity contribution is 0.384. The summed E-state index contributed by atoms with van der Waals surface area (Å²) in [7, 11) is 4.16. The van der Waals surface area contributed by atoms with Crippen molar-refractivity contribution in [3.63, 3.8) is 0 Å². The number of aromatic nitrogens is 2. The van der Waals surface area contributed by atoms with Crippen molar-refractivity contribution in [1.82, 2.24) is 14.5 Å². The Morgan fingerprint density at radius 2 is 2.05 bits per heavy atom. The molecule has 0 bridgehead atoms.